The van der Waals surface area contributed by atoms with Crippen molar-refractivity contribution in [1.82, 2.24) is 14.5 Å². The highest BCUT2D eigenvalue weighted by Crippen LogP contribution is 2.27. The van der Waals surface area contributed by atoms with Crippen LogP contribution < -0.4 is 5.32 Å². The topological polar surface area (TPSA) is 67.2 Å². The van der Waals surface area contributed by atoms with E-state index in [-0.39, 0.29) is 11.8 Å². The third-order valence-corrected chi connectivity index (χ3v) is 6.00. The largest absolute Gasteiger partial charge is 0.339 e. The van der Waals surface area contributed by atoms with Crippen LogP contribution in [-0.2, 0) is 24.3 Å². The summed E-state index contributed by atoms with van der Waals surface area (Å²) < 4.78 is 2.22. The standard InChI is InChI=1S/C26H30N4O2/c1-3-29(19(2)31)18-20-11-10-14-22(17-20)27-26(32)24-23-15-8-5-9-16-30(23)25(28-24)21-12-6-4-7-13-21/h4,6-7,10-14,17H,3,5,8-9,15-16,18H2,1-2H3,(H,27,32). The zero-order valence-electron chi connectivity index (χ0n) is 18.8. The number of anilines is 1. The van der Waals surface area contributed by atoms with Crippen molar-refractivity contribution in [2.45, 2.75) is 52.6 Å². The fraction of sp³-hybridized carbons (Fsp3) is 0.346. The molecule has 1 aromatic heterocycles. The first-order valence-electron chi connectivity index (χ1n) is 11.4. The monoisotopic (exact) mass is 430 g/mol. The third kappa shape index (κ3) is 4.74. The first kappa shape index (κ1) is 21.8. The normalized spacial score (nSPS) is 13.2. The number of carbonyl (C=O) groups is 2. The van der Waals surface area contributed by atoms with Crippen LogP contribution in [0.2, 0.25) is 0 Å². The lowest BCUT2D eigenvalue weighted by molar-refractivity contribution is -0.129. The molecule has 32 heavy (non-hydrogen) atoms. The Morgan fingerprint density at radius 3 is 2.62 bits per heavy atom. The molecule has 0 bridgehead atoms. The Morgan fingerprint density at radius 2 is 1.88 bits per heavy atom. The third-order valence-electron chi connectivity index (χ3n) is 6.00. The molecule has 2 amide bonds. The molecule has 166 valence electrons. The van der Waals surface area contributed by atoms with Gasteiger partial charge >= 0.3 is 0 Å². The summed E-state index contributed by atoms with van der Waals surface area (Å²) in [5, 5.41) is 3.04. The molecule has 0 saturated heterocycles. The molecule has 0 unspecified atom stereocenters. The number of aromatic nitrogens is 2. The fourth-order valence-corrected chi connectivity index (χ4v) is 4.31. The van der Waals surface area contributed by atoms with E-state index in [9.17, 15) is 9.59 Å². The van der Waals surface area contributed by atoms with E-state index in [2.05, 4.69) is 9.88 Å². The van der Waals surface area contributed by atoms with Gasteiger partial charge in [0.2, 0.25) is 5.91 Å². The van der Waals surface area contributed by atoms with Gasteiger partial charge in [0.25, 0.3) is 5.91 Å². The van der Waals surface area contributed by atoms with Crippen LogP contribution in [0.25, 0.3) is 11.4 Å². The molecule has 0 spiro atoms. The number of imidazole rings is 1. The van der Waals surface area contributed by atoms with Crippen LogP contribution in [0.5, 0.6) is 0 Å². The zero-order chi connectivity index (χ0) is 22.5. The molecule has 1 aliphatic rings. The smallest absolute Gasteiger partial charge is 0.276 e. The Balaban J connectivity index is 1.61. The number of nitrogens with one attached hydrogen (secondary N) is 1. The molecule has 0 saturated carbocycles. The summed E-state index contributed by atoms with van der Waals surface area (Å²) in [6.07, 6.45) is 4.17. The molecule has 0 atom stereocenters. The van der Waals surface area contributed by atoms with Gasteiger partial charge in [0.1, 0.15) is 11.5 Å². The molecular formula is C26H30N4O2. The number of benzene rings is 2. The first-order valence-corrected chi connectivity index (χ1v) is 11.4. The van der Waals surface area contributed by atoms with E-state index in [0.29, 0.717) is 24.5 Å². The Labute approximate surface area is 189 Å². The van der Waals surface area contributed by atoms with Crippen LogP contribution in [0, 0.1) is 0 Å². The van der Waals surface area contributed by atoms with Crippen molar-refractivity contribution in [2.75, 3.05) is 11.9 Å². The SMILES string of the molecule is CCN(Cc1cccc(NC(=O)c2nc(-c3ccccc3)n3c2CCCCC3)c1)C(C)=O. The second-order valence-electron chi connectivity index (χ2n) is 8.25. The number of carbonyl (C=O) groups excluding carboxylic acids is 2. The molecule has 2 heterocycles. The Bertz CT molecular complexity index is 1100. The van der Waals surface area contributed by atoms with Gasteiger partial charge in [-0.3, -0.25) is 9.59 Å². The summed E-state index contributed by atoms with van der Waals surface area (Å²) in [5.74, 6) is 0.714. The number of hydrogen-bond donors (Lipinski definition) is 1. The summed E-state index contributed by atoms with van der Waals surface area (Å²) in [5.41, 5.74) is 4.25. The summed E-state index contributed by atoms with van der Waals surface area (Å²) in [7, 11) is 0. The predicted octanol–water partition coefficient (Wildman–Crippen LogP) is 4.90. The second kappa shape index (κ2) is 9.81. The van der Waals surface area contributed by atoms with E-state index in [1.54, 1.807) is 11.8 Å². The quantitative estimate of drug-likeness (QED) is 0.605. The van der Waals surface area contributed by atoms with Crippen molar-refractivity contribution in [3.05, 3.63) is 71.5 Å². The van der Waals surface area contributed by atoms with Crippen LogP contribution in [0.15, 0.2) is 54.6 Å². The minimum absolute atomic E-state index is 0.0380. The van der Waals surface area contributed by atoms with Crippen LogP contribution in [-0.4, -0.2) is 32.8 Å². The summed E-state index contributed by atoms with van der Waals surface area (Å²) in [6.45, 7) is 5.58. The molecule has 3 aromatic rings. The number of fused-ring (bicyclic) bond motifs is 1. The van der Waals surface area contributed by atoms with Gasteiger partial charge in [-0.15, -0.1) is 0 Å². The lowest BCUT2D eigenvalue weighted by Crippen LogP contribution is -2.27. The Hall–Kier alpha value is -3.41. The van der Waals surface area contributed by atoms with Crippen LogP contribution in [0.4, 0.5) is 5.69 Å². The van der Waals surface area contributed by atoms with Gasteiger partial charge in [0, 0.05) is 37.8 Å². The lowest BCUT2D eigenvalue weighted by Gasteiger charge is -2.19. The van der Waals surface area contributed by atoms with Gasteiger partial charge in [-0.2, -0.15) is 0 Å². The minimum Gasteiger partial charge on any atom is -0.339 e. The van der Waals surface area contributed by atoms with E-state index in [1.165, 1.54) is 0 Å². The van der Waals surface area contributed by atoms with Crippen molar-refractivity contribution in [1.29, 1.82) is 0 Å². The average molecular weight is 431 g/mol. The van der Waals surface area contributed by atoms with Crippen molar-refractivity contribution < 1.29 is 9.59 Å². The average Bonchev–Trinajstić information content (AvgIpc) is 2.99. The number of rotatable bonds is 6. The molecule has 0 fully saturated rings. The maximum atomic E-state index is 13.3. The van der Waals surface area contributed by atoms with E-state index >= 15 is 0 Å². The highest BCUT2D eigenvalue weighted by molar-refractivity contribution is 6.04. The van der Waals surface area contributed by atoms with Gasteiger partial charge < -0.3 is 14.8 Å². The highest BCUT2D eigenvalue weighted by atomic mass is 16.2. The summed E-state index contributed by atoms with van der Waals surface area (Å²) in [4.78, 5) is 31.6. The van der Waals surface area contributed by atoms with E-state index in [1.807, 2.05) is 61.5 Å². The van der Waals surface area contributed by atoms with E-state index < -0.39 is 0 Å². The van der Waals surface area contributed by atoms with Crippen LogP contribution >= 0.6 is 0 Å². The molecule has 1 N–H and O–H groups in total. The lowest BCUT2D eigenvalue weighted by atomic mass is 10.1. The van der Waals surface area contributed by atoms with E-state index in [0.717, 1.165) is 54.9 Å². The van der Waals surface area contributed by atoms with Crippen molar-refractivity contribution >= 4 is 17.5 Å². The molecule has 6 heteroatoms. The van der Waals surface area contributed by atoms with Gasteiger partial charge in [0.15, 0.2) is 0 Å². The van der Waals surface area contributed by atoms with Crippen molar-refractivity contribution in [3.63, 3.8) is 0 Å². The van der Waals surface area contributed by atoms with Crippen molar-refractivity contribution in [3.8, 4) is 11.4 Å². The number of nitrogens with zero attached hydrogens (tertiary/aromatic N) is 3. The van der Waals surface area contributed by atoms with Gasteiger partial charge in [-0.25, -0.2) is 4.98 Å². The molecule has 2 aromatic carbocycles. The Morgan fingerprint density at radius 1 is 1.06 bits per heavy atom. The fourth-order valence-electron chi connectivity index (χ4n) is 4.31. The van der Waals surface area contributed by atoms with Crippen LogP contribution in [0.3, 0.4) is 0 Å². The molecular weight excluding hydrogens is 400 g/mol. The molecule has 0 aliphatic carbocycles. The summed E-state index contributed by atoms with van der Waals surface area (Å²) in [6, 6.07) is 17.7. The minimum atomic E-state index is -0.186. The van der Waals surface area contributed by atoms with E-state index in [4.69, 9.17) is 4.98 Å². The van der Waals surface area contributed by atoms with Gasteiger partial charge in [0.05, 0.1) is 5.69 Å². The molecule has 4 rings (SSSR count). The zero-order valence-corrected chi connectivity index (χ0v) is 18.8. The molecule has 0 radical (unpaired) electrons. The van der Waals surface area contributed by atoms with Crippen molar-refractivity contribution in [2.24, 2.45) is 0 Å². The highest BCUT2D eigenvalue weighted by Gasteiger charge is 2.24. The molecule has 1 aliphatic heterocycles. The maximum Gasteiger partial charge on any atom is 0.276 e. The Kier molecular flexibility index (Phi) is 6.69. The number of hydrogen-bond acceptors (Lipinski definition) is 3. The predicted molar refractivity (Wildman–Crippen MR) is 126 cm³/mol. The van der Waals surface area contributed by atoms with Gasteiger partial charge in [-0.05, 0) is 43.9 Å². The maximum absolute atomic E-state index is 13.3. The molecule has 6 nitrogen and oxygen atoms in total. The number of amides is 2. The first-order chi connectivity index (χ1) is 15.6. The van der Waals surface area contributed by atoms with Gasteiger partial charge in [-0.1, -0.05) is 48.9 Å². The summed E-state index contributed by atoms with van der Waals surface area (Å²) >= 11 is 0. The van der Waals surface area contributed by atoms with Crippen LogP contribution in [0.1, 0.15) is 54.9 Å². The second-order valence-corrected chi connectivity index (χ2v) is 8.25.